The van der Waals surface area contributed by atoms with Crippen LogP contribution in [0, 0.1) is 23.2 Å². The summed E-state index contributed by atoms with van der Waals surface area (Å²) in [5.74, 6) is -0.547. The number of halogens is 1. The Morgan fingerprint density at radius 2 is 1.80 bits per heavy atom. The fourth-order valence-corrected chi connectivity index (χ4v) is 8.93. The van der Waals surface area contributed by atoms with Crippen molar-refractivity contribution in [2.75, 3.05) is 32.2 Å². The van der Waals surface area contributed by atoms with Crippen molar-refractivity contribution < 1.29 is 47.6 Å². The highest BCUT2D eigenvalue weighted by Gasteiger charge is 2.61. The van der Waals surface area contributed by atoms with Crippen LogP contribution in [-0.4, -0.2) is 107 Å². The van der Waals surface area contributed by atoms with Gasteiger partial charge in [-0.1, -0.05) is 45.7 Å². The van der Waals surface area contributed by atoms with Crippen molar-refractivity contribution in [3.8, 4) is 22.9 Å². The molecule has 2 aromatic heterocycles. The van der Waals surface area contributed by atoms with Crippen LogP contribution in [0.25, 0.3) is 22.3 Å². The molecule has 4 saturated carbocycles. The summed E-state index contributed by atoms with van der Waals surface area (Å²) in [6, 6.07) is 3.66. The first-order chi connectivity index (χ1) is 28.2. The number of pyridine rings is 1. The lowest BCUT2D eigenvalue weighted by Gasteiger charge is -2.35. The number of alkyl carbamates (subject to hydrolysis) is 1. The third-order valence-electron chi connectivity index (χ3n) is 12.4. The van der Waals surface area contributed by atoms with Crippen LogP contribution in [0.4, 0.5) is 10.8 Å². The number of anilines is 1. The molecule has 0 bridgehead atoms. The van der Waals surface area contributed by atoms with Gasteiger partial charge in [0.05, 0.1) is 24.4 Å². The Morgan fingerprint density at radius 1 is 1.03 bits per heavy atom. The molecule has 0 radical (unpaired) electrons. The number of carboxylic acids is 1. The Kier molecular flexibility index (Phi) is 11.1. The molecule has 1 aromatic carbocycles. The van der Waals surface area contributed by atoms with E-state index in [1.54, 1.807) is 25.3 Å². The van der Waals surface area contributed by atoms with E-state index in [-0.39, 0.29) is 43.0 Å². The highest BCUT2D eigenvalue weighted by Crippen LogP contribution is 2.52. The number of likely N-dealkylation sites (tertiary alicyclic amines) is 1. The SMILES string of the molecule is CC[C@@H]1C[C@]1(NC(=O)[C@@H]1C[C@@H](Oc2cc(-c3coc(NC4CC4)n3)nc3c(Cl)c(OCCOC)ccc23)CN1C(=O)C(NC(=O)O[C@@H]1C[C@@H]2C[C@@H]2C1)C(C)(C)C)C(=O)O. The number of carbonyl (C=O) groups is 4. The van der Waals surface area contributed by atoms with Crippen molar-refractivity contribution in [2.45, 2.75) is 115 Å². The molecule has 318 valence electrons. The van der Waals surface area contributed by atoms with E-state index < -0.39 is 53.0 Å². The predicted molar refractivity (Wildman–Crippen MR) is 215 cm³/mol. The van der Waals surface area contributed by atoms with Crippen LogP contribution in [0.1, 0.15) is 79.1 Å². The number of methoxy groups -OCH3 is 1. The number of rotatable bonds is 16. The van der Waals surface area contributed by atoms with Crippen LogP contribution >= 0.6 is 11.6 Å². The summed E-state index contributed by atoms with van der Waals surface area (Å²) in [5, 5.41) is 19.8. The summed E-state index contributed by atoms with van der Waals surface area (Å²) in [7, 11) is 1.57. The third-order valence-corrected chi connectivity index (χ3v) is 12.7. The standard InChI is InChI=1S/C42H53ClN6O10/c1-6-23-18-42(23,38(52)53)48-36(50)30-16-26(19-49(30)37(51)35(41(2,3)4)47-40(54)59-25-14-21-13-22(21)15-25)58-32-17-28(29-20-57-39(46-29)44-24-7-8-24)45-34-27(32)9-10-31(33(34)43)56-12-11-55-5/h9-10,17,20-26,30,35H,6-8,11-16,18-19H2,1-5H3,(H,44,46)(H,47,54)(H,48,50)(H,52,53)/t21-,22+,23-,25+,26-,30+,35?,42-/m1/s1. The molecule has 8 atom stereocenters. The first kappa shape index (κ1) is 40.9. The van der Waals surface area contributed by atoms with Gasteiger partial charge in [0.25, 0.3) is 6.01 Å². The molecule has 0 spiro atoms. The smallest absolute Gasteiger partial charge is 0.408 e. The number of nitrogens with zero attached hydrogens (tertiary/aromatic N) is 3. The summed E-state index contributed by atoms with van der Waals surface area (Å²) in [4.78, 5) is 65.6. The monoisotopic (exact) mass is 836 g/mol. The molecule has 5 aliphatic rings. The molecule has 3 aromatic rings. The maximum atomic E-state index is 14.7. The lowest BCUT2D eigenvalue weighted by atomic mass is 9.85. The summed E-state index contributed by atoms with van der Waals surface area (Å²) in [5.41, 5.74) is -1.02. The number of aromatic nitrogens is 2. The van der Waals surface area contributed by atoms with Crippen molar-refractivity contribution >= 4 is 52.4 Å². The van der Waals surface area contributed by atoms with Crippen molar-refractivity contribution in [1.82, 2.24) is 25.5 Å². The molecule has 3 amide bonds. The summed E-state index contributed by atoms with van der Waals surface area (Å²) in [6.45, 7) is 7.91. The fourth-order valence-electron chi connectivity index (χ4n) is 8.67. The van der Waals surface area contributed by atoms with Crippen LogP contribution in [0.5, 0.6) is 11.5 Å². The van der Waals surface area contributed by atoms with Crippen molar-refractivity contribution in [2.24, 2.45) is 23.2 Å². The van der Waals surface area contributed by atoms with Gasteiger partial charge in [0.2, 0.25) is 11.8 Å². The highest BCUT2D eigenvalue weighted by atomic mass is 35.5. The van der Waals surface area contributed by atoms with E-state index >= 15 is 0 Å². The van der Waals surface area contributed by atoms with E-state index in [0.717, 1.165) is 25.7 Å². The molecule has 59 heavy (non-hydrogen) atoms. The molecule has 17 heteroatoms. The molecule has 3 heterocycles. The van der Waals surface area contributed by atoms with Gasteiger partial charge in [-0.25, -0.2) is 14.6 Å². The lowest BCUT2D eigenvalue weighted by molar-refractivity contribution is -0.146. The number of hydrogen-bond acceptors (Lipinski definition) is 12. The number of carboxylic acid groups (broad SMARTS) is 1. The van der Waals surface area contributed by atoms with Gasteiger partial charge >= 0.3 is 12.1 Å². The number of benzene rings is 1. The van der Waals surface area contributed by atoms with Gasteiger partial charge in [-0.3, -0.25) is 9.59 Å². The van der Waals surface area contributed by atoms with Gasteiger partial charge in [-0.2, -0.15) is 4.98 Å². The van der Waals surface area contributed by atoms with Gasteiger partial charge in [-0.15, -0.1) is 0 Å². The third kappa shape index (κ3) is 8.61. The van der Waals surface area contributed by atoms with Crippen LogP contribution < -0.4 is 25.4 Å². The number of carbonyl (C=O) groups excluding carboxylic acids is 3. The minimum absolute atomic E-state index is 0.0285. The molecule has 1 unspecified atom stereocenters. The van der Waals surface area contributed by atoms with Gasteiger partial charge in [-0.05, 0) is 73.8 Å². The number of ether oxygens (including phenoxy) is 4. The Labute approximate surface area is 347 Å². The van der Waals surface area contributed by atoms with Crippen LogP contribution in [0.15, 0.2) is 28.9 Å². The lowest BCUT2D eigenvalue weighted by Crippen LogP contribution is -2.59. The highest BCUT2D eigenvalue weighted by molar-refractivity contribution is 6.36. The first-order valence-corrected chi connectivity index (χ1v) is 21.0. The predicted octanol–water partition coefficient (Wildman–Crippen LogP) is 5.80. The largest absolute Gasteiger partial charge is 0.490 e. The van der Waals surface area contributed by atoms with Gasteiger partial charge in [0.15, 0.2) is 0 Å². The Hall–Kier alpha value is -4.83. The topological polar surface area (TPSA) is 204 Å². The molecule has 1 aliphatic heterocycles. The molecule has 8 rings (SSSR count). The van der Waals surface area contributed by atoms with Gasteiger partial charge in [0.1, 0.15) is 64.9 Å². The number of aliphatic carboxylic acids is 1. The number of oxazole rings is 1. The second-order valence-corrected chi connectivity index (χ2v) is 18.2. The molecule has 5 fully saturated rings. The maximum Gasteiger partial charge on any atom is 0.408 e. The summed E-state index contributed by atoms with van der Waals surface area (Å²) >= 11 is 6.94. The van der Waals surface area contributed by atoms with E-state index in [9.17, 15) is 24.3 Å². The number of amides is 3. The molecule has 4 aliphatic carbocycles. The van der Waals surface area contributed by atoms with Crippen molar-refractivity contribution in [3.63, 3.8) is 0 Å². The average Bonchev–Trinajstić information content (AvgIpc) is 4.14. The Bertz CT molecular complexity index is 2110. The van der Waals surface area contributed by atoms with Crippen LogP contribution in [0.3, 0.4) is 0 Å². The second kappa shape index (κ2) is 16.0. The van der Waals surface area contributed by atoms with Crippen molar-refractivity contribution in [3.05, 3.63) is 29.5 Å². The van der Waals surface area contributed by atoms with Crippen LogP contribution in [0.2, 0.25) is 5.02 Å². The Morgan fingerprint density at radius 3 is 2.46 bits per heavy atom. The molecule has 4 N–H and O–H groups in total. The zero-order valence-electron chi connectivity index (χ0n) is 34.0. The quantitative estimate of drug-likeness (QED) is 0.126. The van der Waals surface area contributed by atoms with Crippen molar-refractivity contribution in [1.29, 1.82) is 0 Å². The van der Waals surface area contributed by atoms with E-state index in [1.807, 2.05) is 27.7 Å². The number of hydrogen-bond donors (Lipinski definition) is 4. The molecule has 16 nitrogen and oxygen atoms in total. The summed E-state index contributed by atoms with van der Waals surface area (Å²) in [6.07, 6.45) is 5.59. The molecular formula is C42H53ClN6O10. The van der Waals surface area contributed by atoms with Crippen LogP contribution in [-0.2, 0) is 23.9 Å². The van der Waals surface area contributed by atoms with E-state index in [4.69, 9.17) is 39.9 Å². The van der Waals surface area contributed by atoms with E-state index in [0.29, 0.717) is 70.7 Å². The first-order valence-electron chi connectivity index (χ1n) is 20.6. The fraction of sp³-hybridized carbons (Fsp3) is 0.619. The van der Waals surface area contributed by atoms with Gasteiger partial charge in [0, 0.05) is 31.0 Å². The average molecular weight is 837 g/mol. The van der Waals surface area contributed by atoms with Gasteiger partial charge < -0.3 is 49.3 Å². The zero-order chi connectivity index (χ0) is 41.8. The second-order valence-electron chi connectivity index (χ2n) is 17.8. The minimum atomic E-state index is -1.42. The zero-order valence-corrected chi connectivity index (χ0v) is 34.8. The normalized spacial score (nSPS) is 27.5. The summed E-state index contributed by atoms with van der Waals surface area (Å²) < 4.78 is 29.2. The van der Waals surface area contributed by atoms with E-state index in [2.05, 4.69) is 20.9 Å². The number of nitrogens with one attached hydrogen (secondary N) is 3. The minimum Gasteiger partial charge on any atom is -0.490 e. The van der Waals surface area contributed by atoms with E-state index in [1.165, 1.54) is 17.6 Å². The Balaban J connectivity index is 1.10. The molecule has 1 saturated heterocycles. The maximum absolute atomic E-state index is 14.7. The molecular weight excluding hydrogens is 784 g/mol. The number of fused-ring (bicyclic) bond motifs is 2.